The average molecular weight is 266 g/mol. The molecule has 3 aromatic rings. The van der Waals surface area contributed by atoms with Crippen LogP contribution >= 0.6 is 0 Å². The molecule has 0 aliphatic carbocycles. The smallest absolute Gasteiger partial charge is 0.227 e. The molecule has 0 aliphatic rings. The minimum atomic E-state index is 0.485. The third-order valence-corrected chi connectivity index (χ3v) is 3.60. The molecule has 0 fully saturated rings. The molecule has 0 spiro atoms. The SMILES string of the molecule is Cc1cc(-c2nc3cc(C(C)C)ccc3o2)ccc1N. The molecule has 3 rings (SSSR count). The van der Waals surface area contributed by atoms with Gasteiger partial charge in [0.2, 0.25) is 5.89 Å². The van der Waals surface area contributed by atoms with E-state index in [0.717, 1.165) is 27.9 Å². The number of rotatable bonds is 2. The minimum Gasteiger partial charge on any atom is -0.436 e. The van der Waals surface area contributed by atoms with Crippen molar-refractivity contribution in [2.75, 3.05) is 5.73 Å². The maximum atomic E-state index is 5.84. The van der Waals surface area contributed by atoms with Gasteiger partial charge in [0.25, 0.3) is 0 Å². The zero-order valence-electron chi connectivity index (χ0n) is 12.0. The zero-order valence-corrected chi connectivity index (χ0v) is 12.0. The molecule has 1 aromatic heterocycles. The van der Waals surface area contributed by atoms with E-state index in [2.05, 4.69) is 31.0 Å². The molecule has 0 unspecified atom stereocenters. The van der Waals surface area contributed by atoms with Crippen LogP contribution in [0.15, 0.2) is 40.8 Å². The highest BCUT2D eigenvalue weighted by Crippen LogP contribution is 2.28. The second-order valence-corrected chi connectivity index (χ2v) is 5.47. The molecular formula is C17H18N2O. The summed E-state index contributed by atoms with van der Waals surface area (Å²) in [6.07, 6.45) is 0. The first-order chi connectivity index (χ1) is 9.54. The van der Waals surface area contributed by atoms with E-state index >= 15 is 0 Å². The van der Waals surface area contributed by atoms with Crippen LogP contribution in [0, 0.1) is 6.92 Å². The molecule has 20 heavy (non-hydrogen) atoms. The summed E-state index contributed by atoms with van der Waals surface area (Å²) in [4.78, 5) is 4.59. The number of nitrogen functional groups attached to an aromatic ring is 1. The summed E-state index contributed by atoms with van der Waals surface area (Å²) in [6.45, 7) is 6.33. The second kappa shape index (κ2) is 4.67. The quantitative estimate of drug-likeness (QED) is 0.694. The minimum absolute atomic E-state index is 0.485. The zero-order chi connectivity index (χ0) is 14.3. The van der Waals surface area contributed by atoms with Gasteiger partial charge in [-0.05, 0) is 54.3 Å². The number of nitrogens with zero attached hydrogens (tertiary/aromatic N) is 1. The van der Waals surface area contributed by atoms with Crippen LogP contribution in [0.5, 0.6) is 0 Å². The molecule has 0 atom stereocenters. The van der Waals surface area contributed by atoms with Crippen molar-refractivity contribution < 1.29 is 4.42 Å². The normalized spacial score (nSPS) is 11.4. The molecular weight excluding hydrogens is 248 g/mol. The molecule has 0 saturated heterocycles. The monoisotopic (exact) mass is 266 g/mol. The average Bonchev–Trinajstić information content (AvgIpc) is 2.84. The Hall–Kier alpha value is -2.29. The lowest BCUT2D eigenvalue weighted by atomic mass is 10.0. The standard InChI is InChI=1S/C17H18N2O/c1-10(2)12-5-7-16-15(9-12)19-17(20-16)13-4-6-14(18)11(3)8-13/h4-10H,18H2,1-3H3. The fraction of sp³-hybridized carbons (Fsp3) is 0.235. The van der Waals surface area contributed by atoms with Crippen LogP contribution in [-0.4, -0.2) is 4.98 Å². The van der Waals surface area contributed by atoms with E-state index in [0.29, 0.717) is 11.8 Å². The fourth-order valence-corrected chi connectivity index (χ4v) is 2.24. The third kappa shape index (κ3) is 2.16. The molecule has 0 saturated carbocycles. The third-order valence-electron chi connectivity index (χ3n) is 3.60. The largest absolute Gasteiger partial charge is 0.436 e. The summed E-state index contributed by atoms with van der Waals surface area (Å²) in [5, 5.41) is 0. The lowest BCUT2D eigenvalue weighted by Gasteiger charge is -2.02. The van der Waals surface area contributed by atoms with Crippen LogP contribution < -0.4 is 5.73 Å². The highest BCUT2D eigenvalue weighted by Gasteiger charge is 2.10. The van der Waals surface area contributed by atoms with Gasteiger partial charge < -0.3 is 10.2 Å². The lowest BCUT2D eigenvalue weighted by Crippen LogP contribution is -1.89. The van der Waals surface area contributed by atoms with E-state index < -0.39 is 0 Å². The Morgan fingerprint density at radius 1 is 1.10 bits per heavy atom. The molecule has 0 radical (unpaired) electrons. The maximum Gasteiger partial charge on any atom is 0.227 e. The molecule has 3 heteroatoms. The number of aryl methyl sites for hydroxylation is 1. The van der Waals surface area contributed by atoms with Crippen molar-refractivity contribution in [1.82, 2.24) is 4.98 Å². The molecule has 2 aromatic carbocycles. The number of oxazole rings is 1. The van der Waals surface area contributed by atoms with E-state index in [1.54, 1.807) is 0 Å². The Morgan fingerprint density at radius 3 is 2.60 bits per heavy atom. The number of hydrogen-bond donors (Lipinski definition) is 1. The van der Waals surface area contributed by atoms with Gasteiger partial charge >= 0.3 is 0 Å². The first kappa shape index (κ1) is 12.7. The van der Waals surface area contributed by atoms with Crippen molar-refractivity contribution in [2.45, 2.75) is 26.7 Å². The number of aromatic nitrogens is 1. The second-order valence-electron chi connectivity index (χ2n) is 5.47. The summed E-state index contributed by atoms with van der Waals surface area (Å²) in [5.74, 6) is 1.13. The van der Waals surface area contributed by atoms with Gasteiger partial charge in [0.1, 0.15) is 5.52 Å². The van der Waals surface area contributed by atoms with Crippen LogP contribution in [0.25, 0.3) is 22.6 Å². The summed E-state index contributed by atoms with van der Waals surface area (Å²) in [6, 6.07) is 12.0. The van der Waals surface area contributed by atoms with Gasteiger partial charge in [-0.25, -0.2) is 4.98 Å². The van der Waals surface area contributed by atoms with Gasteiger partial charge in [-0.3, -0.25) is 0 Å². The predicted octanol–water partition coefficient (Wildman–Crippen LogP) is 4.51. The number of fused-ring (bicyclic) bond motifs is 1. The molecule has 0 aliphatic heterocycles. The van der Waals surface area contributed by atoms with Gasteiger partial charge in [0.15, 0.2) is 5.58 Å². The van der Waals surface area contributed by atoms with E-state index in [9.17, 15) is 0 Å². The van der Waals surface area contributed by atoms with Crippen molar-refractivity contribution in [3.63, 3.8) is 0 Å². The lowest BCUT2D eigenvalue weighted by molar-refractivity contribution is 0.619. The molecule has 2 N–H and O–H groups in total. The first-order valence-electron chi connectivity index (χ1n) is 6.81. The van der Waals surface area contributed by atoms with Gasteiger partial charge in [-0.2, -0.15) is 0 Å². The van der Waals surface area contributed by atoms with Crippen molar-refractivity contribution in [2.24, 2.45) is 0 Å². The van der Waals surface area contributed by atoms with Gasteiger partial charge in [0.05, 0.1) is 0 Å². The van der Waals surface area contributed by atoms with Crippen molar-refractivity contribution in [1.29, 1.82) is 0 Å². The number of anilines is 1. The van der Waals surface area contributed by atoms with Crippen LogP contribution in [0.1, 0.15) is 30.9 Å². The molecule has 0 bridgehead atoms. The van der Waals surface area contributed by atoms with Gasteiger partial charge in [-0.1, -0.05) is 19.9 Å². The number of benzene rings is 2. The van der Waals surface area contributed by atoms with Crippen molar-refractivity contribution in [3.05, 3.63) is 47.5 Å². The highest BCUT2D eigenvalue weighted by atomic mass is 16.3. The summed E-state index contributed by atoms with van der Waals surface area (Å²) >= 11 is 0. The van der Waals surface area contributed by atoms with Gasteiger partial charge in [-0.15, -0.1) is 0 Å². The molecule has 3 nitrogen and oxygen atoms in total. The first-order valence-corrected chi connectivity index (χ1v) is 6.81. The predicted molar refractivity (Wildman–Crippen MR) is 82.7 cm³/mol. The van der Waals surface area contributed by atoms with E-state index in [1.165, 1.54) is 5.56 Å². The Bertz CT molecular complexity index is 772. The van der Waals surface area contributed by atoms with Crippen LogP contribution in [-0.2, 0) is 0 Å². The molecule has 1 heterocycles. The summed E-state index contributed by atoms with van der Waals surface area (Å²) in [7, 11) is 0. The van der Waals surface area contributed by atoms with Crippen molar-refractivity contribution in [3.8, 4) is 11.5 Å². The van der Waals surface area contributed by atoms with Crippen LogP contribution in [0.4, 0.5) is 5.69 Å². The number of hydrogen-bond acceptors (Lipinski definition) is 3. The summed E-state index contributed by atoms with van der Waals surface area (Å²) in [5.41, 5.74) is 11.6. The highest BCUT2D eigenvalue weighted by molar-refractivity contribution is 5.77. The molecule has 102 valence electrons. The Balaban J connectivity index is 2.10. The maximum absolute atomic E-state index is 5.84. The Labute approximate surface area is 118 Å². The summed E-state index contributed by atoms with van der Waals surface area (Å²) < 4.78 is 5.83. The van der Waals surface area contributed by atoms with Gasteiger partial charge in [0, 0.05) is 11.3 Å². The van der Waals surface area contributed by atoms with E-state index in [-0.39, 0.29) is 0 Å². The van der Waals surface area contributed by atoms with E-state index in [1.807, 2.05) is 31.2 Å². The Morgan fingerprint density at radius 2 is 1.90 bits per heavy atom. The topological polar surface area (TPSA) is 52.0 Å². The van der Waals surface area contributed by atoms with E-state index in [4.69, 9.17) is 10.2 Å². The van der Waals surface area contributed by atoms with Crippen LogP contribution in [0.3, 0.4) is 0 Å². The van der Waals surface area contributed by atoms with Crippen LogP contribution in [0.2, 0.25) is 0 Å². The Kier molecular flexibility index (Phi) is 2.97. The van der Waals surface area contributed by atoms with Crippen molar-refractivity contribution >= 4 is 16.8 Å². The molecule has 0 amide bonds. The fourth-order valence-electron chi connectivity index (χ4n) is 2.24. The number of nitrogens with two attached hydrogens (primary N) is 1.